The molecule has 0 amide bonds. The predicted octanol–water partition coefficient (Wildman–Crippen LogP) is 17.4. The molecule has 0 aliphatic carbocycles. The lowest BCUT2D eigenvalue weighted by atomic mass is 9.94. The largest absolute Gasteiger partial charge is 0.135 e. The van der Waals surface area contributed by atoms with Gasteiger partial charge in [0.2, 0.25) is 0 Å². The second kappa shape index (κ2) is 13.9. The van der Waals surface area contributed by atoms with Crippen molar-refractivity contribution >= 4 is 120 Å². The Labute approximate surface area is 340 Å². The molecule has 0 saturated heterocycles. The fourth-order valence-electron chi connectivity index (χ4n) is 8.30. The van der Waals surface area contributed by atoms with E-state index in [1.165, 1.54) is 106 Å². The van der Waals surface area contributed by atoms with Crippen LogP contribution in [-0.2, 0) is 0 Å². The zero-order valence-electron chi connectivity index (χ0n) is 31.7. The van der Waals surface area contributed by atoms with Gasteiger partial charge in [-0.3, -0.25) is 0 Å². The predicted molar refractivity (Wildman–Crippen MR) is 258 cm³/mol. The smallest absolute Gasteiger partial charge is 0.0355 e. The van der Waals surface area contributed by atoms with Crippen molar-refractivity contribution in [3.63, 3.8) is 0 Å². The van der Waals surface area contributed by atoms with Gasteiger partial charge < -0.3 is 0 Å². The average Bonchev–Trinajstić information content (AvgIpc) is 3.90. The van der Waals surface area contributed by atoms with E-state index in [1.54, 1.807) is 6.08 Å². The number of thiophene rings is 2. The third-order valence-corrected chi connectivity index (χ3v) is 13.6. The Kier molecular flexibility index (Phi) is 8.48. The minimum Gasteiger partial charge on any atom is -0.135 e. The zero-order valence-corrected chi connectivity index (χ0v) is 33.4. The van der Waals surface area contributed by atoms with Crippen molar-refractivity contribution in [2.75, 3.05) is 0 Å². The van der Waals surface area contributed by atoms with Gasteiger partial charge in [0, 0.05) is 29.9 Å². The summed E-state index contributed by atoms with van der Waals surface area (Å²) in [6.45, 7) is 16.9. The summed E-state index contributed by atoms with van der Waals surface area (Å²) in [7, 11) is 0. The molecule has 0 saturated carbocycles. The van der Waals surface area contributed by atoms with Gasteiger partial charge in [-0.05, 0) is 154 Å². The summed E-state index contributed by atoms with van der Waals surface area (Å²) in [6, 6.07) is 54.8. The lowest BCUT2D eigenvalue weighted by molar-refractivity contribution is 1.58. The first-order valence-electron chi connectivity index (χ1n) is 19.2. The van der Waals surface area contributed by atoms with Crippen LogP contribution in [0.15, 0.2) is 184 Å². The molecule has 0 aliphatic rings. The Morgan fingerprint density at radius 1 is 0.404 bits per heavy atom. The van der Waals surface area contributed by atoms with E-state index in [4.69, 9.17) is 0 Å². The number of fused-ring (bicyclic) bond motifs is 12. The van der Waals surface area contributed by atoms with Crippen LogP contribution in [0.1, 0.15) is 18.1 Å². The maximum Gasteiger partial charge on any atom is 0.0355 e. The molecule has 2 aromatic heterocycles. The molecule has 2 heteroatoms. The highest BCUT2D eigenvalue weighted by molar-refractivity contribution is 7.22. The topological polar surface area (TPSA) is 0 Å². The summed E-state index contributed by atoms with van der Waals surface area (Å²) in [4.78, 5) is 2.59. The Morgan fingerprint density at radius 3 is 1.23 bits per heavy atom. The average molecular weight is 763 g/mol. The van der Waals surface area contributed by atoms with Gasteiger partial charge in [0.05, 0.1) is 0 Å². The molecule has 57 heavy (non-hydrogen) atoms. The molecule has 0 atom stereocenters. The highest BCUT2D eigenvalue weighted by Gasteiger charge is 2.14. The van der Waals surface area contributed by atoms with Gasteiger partial charge in [-0.15, -0.1) is 22.7 Å². The molecule has 11 rings (SSSR count). The van der Waals surface area contributed by atoms with Gasteiger partial charge in [0.1, 0.15) is 0 Å². The molecular weight excluding hydrogens is 725 g/mol. The molecule has 0 aliphatic heterocycles. The van der Waals surface area contributed by atoms with E-state index < -0.39 is 0 Å². The van der Waals surface area contributed by atoms with Crippen LogP contribution >= 0.6 is 22.7 Å². The van der Waals surface area contributed by atoms with Crippen LogP contribution < -0.4 is 0 Å². The van der Waals surface area contributed by atoms with Crippen molar-refractivity contribution < 1.29 is 0 Å². The van der Waals surface area contributed by atoms with Crippen LogP contribution in [0.4, 0.5) is 0 Å². The maximum atomic E-state index is 4.02. The number of benzene rings is 9. The monoisotopic (exact) mass is 762 g/mol. The molecule has 270 valence electrons. The lowest BCUT2D eigenvalue weighted by Gasteiger charge is -2.09. The second-order valence-electron chi connectivity index (χ2n) is 14.9. The van der Waals surface area contributed by atoms with Crippen LogP contribution in [0.3, 0.4) is 0 Å². The molecule has 0 nitrogen and oxygen atoms in total. The number of hydrogen-bond acceptors (Lipinski definition) is 2. The van der Waals surface area contributed by atoms with E-state index in [2.05, 4.69) is 172 Å². The summed E-state index contributed by atoms with van der Waals surface area (Å²) < 4.78 is 2.63. The lowest BCUT2D eigenvalue weighted by Crippen LogP contribution is -1.83. The molecular formula is C55H38S2. The van der Waals surface area contributed by atoms with Gasteiger partial charge in [-0.1, -0.05) is 135 Å². The van der Waals surface area contributed by atoms with Gasteiger partial charge in [-0.25, -0.2) is 0 Å². The van der Waals surface area contributed by atoms with Gasteiger partial charge >= 0.3 is 0 Å². The first kappa shape index (κ1) is 34.9. The molecule has 2 heterocycles. The summed E-state index contributed by atoms with van der Waals surface area (Å²) in [5, 5.41) is 18.0. The minimum absolute atomic E-state index is 1.02. The Hall–Kier alpha value is -6.58. The fraction of sp³-hybridized carbons (Fsp3) is 0.0182. The Bertz CT molecular complexity index is 3490. The van der Waals surface area contributed by atoms with Crippen LogP contribution in [0.25, 0.3) is 118 Å². The highest BCUT2D eigenvalue weighted by Crippen LogP contribution is 2.44. The van der Waals surface area contributed by atoms with E-state index in [0.717, 1.165) is 16.7 Å². The van der Waals surface area contributed by atoms with Crippen molar-refractivity contribution in [1.29, 1.82) is 0 Å². The summed E-state index contributed by atoms with van der Waals surface area (Å²) >= 11 is 3.75. The molecule has 0 radical (unpaired) electrons. The SMILES string of the molecule is C=CC(=C)C.C=Cc1cc2ccc(-c3cc4c(ccc5c4ccc4c6ccc7sc(-c8ccc9cc%10ccccc%10cc9c8)cc7c6ccc54)s3)cc2cc1C=C. The number of hydrogen-bond donors (Lipinski definition) is 0. The normalized spacial score (nSPS) is 11.5. The van der Waals surface area contributed by atoms with Crippen LogP contribution in [0, 0.1) is 0 Å². The minimum atomic E-state index is 1.02. The quantitative estimate of drug-likeness (QED) is 0.0931. The van der Waals surface area contributed by atoms with E-state index in [1.807, 2.05) is 41.7 Å². The second-order valence-corrected chi connectivity index (χ2v) is 17.0. The van der Waals surface area contributed by atoms with Crippen molar-refractivity contribution in [2.45, 2.75) is 6.92 Å². The van der Waals surface area contributed by atoms with Crippen molar-refractivity contribution in [2.24, 2.45) is 0 Å². The molecule has 0 N–H and O–H groups in total. The van der Waals surface area contributed by atoms with Crippen molar-refractivity contribution in [3.05, 3.63) is 195 Å². The van der Waals surface area contributed by atoms with E-state index in [-0.39, 0.29) is 0 Å². The van der Waals surface area contributed by atoms with Crippen LogP contribution in [-0.4, -0.2) is 0 Å². The number of rotatable bonds is 5. The van der Waals surface area contributed by atoms with E-state index in [9.17, 15) is 0 Å². The van der Waals surface area contributed by atoms with Crippen LogP contribution in [0.5, 0.6) is 0 Å². The summed E-state index contributed by atoms with van der Waals surface area (Å²) in [6.07, 6.45) is 5.54. The first-order valence-corrected chi connectivity index (χ1v) is 20.8. The van der Waals surface area contributed by atoms with Gasteiger partial charge in [0.25, 0.3) is 0 Å². The molecule has 0 spiro atoms. The molecule has 0 fully saturated rings. The molecule has 9 aromatic carbocycles. The number of allylic oxidation sites excluding steroid dienone is 2. The fourth-order valence-corrected chi connectivity index (χ4v) is 10.4. The van der Waals surface area contributed by atoms with Gasteiger partial charge in [0.15, 0.2) is 0 Å². The van der Waals surface area contributed by atoms with E-state index >= 15 is 0 Å². The Morgan fingerprint density at radius 2 is 0.772 bits per heavy atom. The standard InChI is InChI=1S/C50H30S2.C5H8/c1-3-29-21-33-9-11-35(25-37(33)22-30(29)4-2)49-27-45-43-15-13-40-39(41(43)17-19-47(45)51-49)14-16-44-42(40)18-20-48-46(44)28-50(52-48)36-12-10-34-23-31-7-5-6-8-32(31)24-38(34)26-36;1-4-5(2)3/h3-28H,1-2H2;4H,1-2H2,3H3. The van der Waals surface area contributed by atoms with Crippen molar-refractivity contribution in [1.82, 2.24) is 0 Å². The molecule has 0 unspecified atom stereocenters. The van der Waals surface area contributed by atoms with Crippen LogP contribution in [0.2, 0.25) is 0 Å². The van der Waals surface area contributed by atoms with Gasteiger partial charge in [-0.2, -0.15) is 0 Å². The third kappa shape index (κ3) is 5.97. The molecule has 11 aromatic rings. The Balaban J connectivity index is 0.000000749. The highest BCUT2D eigenvalue weighted by atomic mass is 32.1. The molecule has 0 bridgehead atoms. The maximum absolute atomic E-state index is 4.02. The van der Waals surface area contributed by atoms with E-state index in [0.29, 0.717) is 0 Å². The van der Waals surface area contributed by atoms with Crippen molar-refractivity contribution in [3.8, 4) is 20.9 Å². The summed E-state index contributed by atoms with van der Waals surface area (Å²) in [5.41, 5.74) is 5.76. The zero-order chi connectivity index (χ0) is 38.8. The summed E-state index contributed by atoms with van der Waals surface area (Å²) in [5.74, 6) is 0. The third-order valence-electron chi connectivity index (χ3n) is 11.3. The first-order chi connectivity index (χ1) is 27.9.